The van der Waals surface area contributed by atoms with Gasteiger partial charge in [0.2, 0.25) is 0 Å². The number of nitrogens with two attached hydrogens (primary N) is 1. The van der Waals surface area contributed by atoms with Crippen molar-refractivity contribution in [1.29, 1.82) is 0 Å². The van der Waals surface area contributed by atoms with E-state index in [1.54, 1.807) is 23.6 Å². The first-order valence-corrected chi connectivity index (χ1v) is 7.36. The zero-order chi connectivity index (χ0) is 15.4. The number of hydrogen-bond acceptors (Lipinski definition) is 4. The van der Waals surface area contributed by atoms with Crippen molar-refractivity contribution in [3.05, 3.63) is 45.3 Å². The number of amides is 2. The lowest BCUT2D eigenvalue weighted by Gasteiger charge is -2.08. The molecule has 2 rings (SSSR count). The Morgan fingerprint density at radius 2 is 2.00 bits per heavy atom. The van der Waals surface area contributed by atoms with E-state index in [2.05, 4.69) is 5.32 Å². The number of primary amides is 1. The van der Waals surface area contributed by atoms with Crippen molar-refractivity contribution in [2.24, 2.45) is 5.73 Å². The Kier molecular flexibility index (Phi) is 5.06. The molecule has 0 aliphatic rings. The van der Waals surface area contributed by atoms with E-state index in [0.29, 0.717) is 20.8 Å². The van der Waals surface area contributed by atoms with E-state index in [4.69, 9.17) is 33.7 Å². The van der Waals surface area contributed by atoms with Crippen LogP contribution in [0.5, 0.6) is 5.75 Å². The molecule has 2 amide bonds. The third-order valence-corrected chi connectivity index (χ3v) is 4.01. The number of hydrogen-bond donors (Lipinski definition) is 2. The first kappa shape index (κ1) is 15.6. The molecule has 21 heavy (non-hydrogen) atoms. The van der Waals surface area contributed by atoms with Crippen LogP contribution in [0.25, 0.3) is 0 Å². The molecule has 0 atom stereocenters. The number of carbonyl (C=O) groups is 2. The summed E-state index contributed by atoms with van der Waals surface area (Å²) in [6, 6.07) is 6.22. The van der Waals surface area contributed by atoms with Crippen molar-refractivity contribution in [3.63, 3.8) is 0 Å². The molecule has 0 bridgehead atoms. The molecule has 2 aromatic rings. The van der Waals surface area contributed by atoms with E-state index in [1.165, 1.54) is 17.4 Å². The summed E-state index contributed by atoms with van der Waals surface area (Å²) in [6.07, 6.45) is 0. The van der Waals surface area contributed by atoms with Crippen LogP contribution in [-0.2, 0) is 4.79 Å². The standard InChI is InChI=1S/C13H10Cl2N2O3S/c14-9-2-1-7(5-10(9)15)20-6-11(18)17-13-8(12(16)19)3-4-21-13/h1-5H,6H2,(H2,16,19)(H,17,18). The molecular formula is C13H10Cl2N2O3S. The average Bonchev–Trinajstić information content (AvgIpc) is 2.88. The maximum absolute atomic E-state index is 11.8. The molecule has 1 heterocycles. The molecule has 1 aromatic heterocycles. The summed E-state index contributed by atoms with van der Waals surface area (Å²) in [5.41, 5.74) is 5.46. The highest BCUT2D eigenvalue weighted by molar-refractivity contribution is 7.14. The lowest BCUT2D eigenvalue weighted by Crippen LogP contribution is -2.21. The zero-order valence-electron chi connectivity index (χ0n) is 10.6. The van der Waals surface area contributed by atoms with Gasteiger partial charge in [0.25, 0.3) is 11.8 Å². The van der Waals surface area contributed by atoms with Gasteiger partial charge in [0.15, 0.2) is 6.61 Å². The fraction of sp³-hybridized carbons (Fsp3) is 0.0769. The van der Waals surface area contributed by atoms with Gasteiger partial charge in [0.1, 0.15) is 10.8 Å². The van der Waals surface area contributed by atoms with Crippen LogP contribution >= 0.6 is 34.5 Å². The maximum Gasteiger partial charge on any atom is 0.262 e. The third-order valence-electron chi connectivity index (χ3n) is 2.44. The number of rotatable bonds is 5. The number of halogens is 2. The van der Waals surface area contributed by atoms with Crippen LogP contribution in [0.1, 0.15) is 10.4 Å². The van der Waals surface area contributed by atoms with Gasteiger partial charge in [-0.05, 0) is 23.6 Å². The second-order valence-electron chi connectivity index (χ2n) is 3.94. The van der Waals surface area contributed by atoms with Crippen LogP contribution in [-0.4, -0.2) is 18.4 Å². The second kappa shape index (κ2) is 6.80. The van der Waals surface area contributed by atoms with Crippen molar-refractivity contribution >= 4 is 51.4 Å². The van der Waals surface area contributed by atoms with Crippen LogP contribution in [0.2, 0.25) is 10.0 Å². The topological polar surface area (TPSA) is 81.4 Å². The molecule has 8 heteroatoms. The van der Waals surface area contributed by atoms with Gasteiger partial charge in [-0.2, -0.15) is 0 Å². The summed E-state index contributed by atoms with van der Waals surface area (Å²) >= 11 is 12.8. The molecule has 0 aliphatic carbocycles. The molecule has 0 radical (unpaired) electrons. The summed E-state index contributed by atoms with van der Waals surface area (Å²) in [7, 11) is 0. The van der Waals surface area contributed by atoms with Crippen LogP contribution in [0.4, 0.5) is 5.00 Å². The number of anilines is 1. The molecule has 0 saturated carbocycles. The van der Waals surface area contributed by atoms with E-state index in [1.807, 2.05) is 0 Å². The van der Waals surface area contributed by atoms with E-state index >= 15 is 0 Å². The summed E-state index contributed by atoms with van der Waals surface area (Å²) in [5, 5.41) is 5.36. The van der Waals surface area contributed by atoms with Crippen molar-refractivity contribution in [1.82, 2.24) is 0 Å². The molecule has 0 fully saturated rings. The minimum Gasteiger partial charge on any atom is -0.484 e. The van der Waals surface area contributed by atoms with Gasteiger partial charge < -0.3 is 15.8 Å². The Labute approximate surface area is 134 Å². The van der Waals surface area contributed by atoms with Crippen molar-refractivity contribution in [3.8, 4) is 5.75 Å². The highest BCUT2D eigenvalue weighted by Gasteiger charge is 2.13. The Balaban J connectivity index is 1.94. The maximum atomic E-state index is 11.8. The molecule has 0 unspecified atom stereocenters. The van der Waals surface area contributed by atoms with Gasteiger partial charge in [-0.15, -0.1) is 11.3 Å². The zero-order valence-corrected chi connectivity index (χ0v) is 12.9. The van der Waals surface area contributed by atoms with Gasteiger partial charge in [0.05, 0.1) is 15.6 Å². The van der Waals surface area contributed by atoms with Gasteiger partial charge >= 0.3 is 0 Å². The Morgan fingerprint density at radius 1 is 1.24 bits per heavy atom. The number of benzene rings is 1. The fourth-order valence-electron chi connectivity index (χ4n) is 1.48. The molecule has 110 valence electrons. The highest BCUT2D eigenvalue weighted by atomic mass is 35.5. The lowest BCUT2D eigenvalue weighted by molar-refractivity contribution is -0.118. The van der Waals surface area contributed by atoms with Crippen LogP contribution in [0.3, 0.4) is 0 Å². The summed E-state index contributed by atoms with van der Waals surface area (Å²) in [6.45, 7) is -0.228. The molecule has 3 N–H and O–H groups in total. The number of carbonyl (C=O) groups excluding carboxylic acids is 2. The average molecular weight is 345 g/mol. The molecule has 1 aromatic carbocycles. The molecule has 0 spiro atoms. The number of ether oxygens (including phenoxy) is 1. The van der Waals surface area contributed by atoms with Crippen molar-refractivity contribution in [2.75, 3.05) is 11.9 Å². The molecule has 0 aliphatic heterocycles. The van der Waals surface area contributed by atoms with Gasteiger partial charge in [-0.3, -0.25) is 9.59 Å². The largest absolute Gasteiger partial charge is 0.484 e. The van der Waals surface area contributed by atoms with Gasteiger partial charge in [-0.1, -0.05) is 23.2 Å². The smallest absolute Gasteiger partial charge is 0.262 e. The van der Waals surface area contributed by atoms with E-state index < -0.39 is 11.8 Å². The van der Waals surface area contributed by atoms with E-state index in [9.17, 15) is 9.59 Å². The van der Waals surface area contributed by atoms with Crippen LogP contribution < -0.4 is 15.8 Å². The molecule has 0 saturated heterocycles. The highest BCUT2D eigenvalue weighted by Crippen LogP contribution is 2.26. The summed E-state index contributed by atoms with van der Waals surface area (Å²) in [4.78, 5) is 22.9. The first-order chi connectivity index (χ1) is 9.97. The predicted octanol–water partition coefficient (Wildman–Crippen LogP) is 3.17. The third kappa shape index (κ3) is 4.10. The first-order valence-electron chi connectivity index (χ1n) is 5.72. The van der Waals surface area contributed by atoms with Crippen molar-refractivity contribution < 1.29 is 14.3 Å². The Hall–Kier alpha value is -1.76. The van der Waals surface area contributed by atoms with E-state index in [0.717, 1.165) is 0 Å². The quantitative estimate of drug-likeness (QED) is 0.873. The molecule has 5 nitrogen and oxygen atoms in total. The summed E-state index contributed by atoms with van der Waals surface area (Å²) < 4.78 is 5.29. The van der Waals surface area contributed by atoms with Gasteiger partial charge in [0, 0.05) is 6.07 Å². The monoisotopic (exact) mass is 344 g/mol. The van der Waals surface area contributed by atoms with Crippen molar-refractivity contribution in [2.45, 2.75) is 0 Å². The van der Waals surface area contributed by atoms with Gasteiger partial charge in [-0.25, -0.2) is 0 Å². The minimum atomic E-state index is -0.600. The predicted molar refractivity (Wildman–Crippen MR) is 83.4 cm³/mol. The second-order valence-corrected chi connectivity index (χ2v) is 5.67. The van der Waals surface area contributed by atoms with E-state index in [-0.39, 0.29) is 12.2 Å². The van der Waals surface area contributed by atoms with Crippen LogP contribution in [0.15, 0.2) is 29.6 Å². The SMILES string of the molecule is NC(=O)c1ccsc1NC(=O)COc1ccc(Cl)c(Cl)c1. The normalized spacial score (nSPS) is 10.2. The fourth-order valence-corrected chi connectivity index (χ4v) is 2.57. The summed E-state index contributed by atoms with van der Waals surface area (Å²) in [5.74, 6) is -0.594. The Bertz CT molecular complexity index is 688. The number of nitrogens with one attached hydrogen (secondary N) is 1. The number of thiophene rings is 1. The Morgan fingerprint density at radius 3 is 2.67 bits per heavy atom. The molecular weight excluding hydrogens is 335 g/mol. The lowest BCUT2D eigenvalue weighted by atomic mass is 10.3. The van der Waals surface area contributed by atoms with Crippen LogP contribution in [0, 0.1) is 0 Å². The minimum absolute atomic E-state index is 0.228.